The largest absolute Gasteiger partial charge is 0.481 e. The van der Waals surface area contributed by atoms with Gasteiger partial charge < -0.3 is 14.8 Å². The molecule has 0 aromatic carbocycles. The van der Waals surface area contributed by atoms with Crippen molar-refractivity contribution >= 4 is 5.97 Å². The van der Waals surface area contributed by atoms with Crippen LogP contribution in [0.1, 0.15) is 18.2 Å². The fourth-order valence-electron chi connectivity index (χ4n) is 2.05. The maximum absolute atomic E-state index is 10.9. The van der Waals surface area contributed by atoms with Crippen molar-refractivity contribution in [2.45, 2.75) is 12.5 Å². The van der Waals surface area contributed by atoms with E-state index >= 15 is 0 Å². The van der Waals surface area contributed by atoms with Gasteiger partial charge in [-0.3, -0.25) is 9.69 Å². The van der Waals surface area contributed by atoms with E-state index in [2.05, 4.69) is 10.2 Å². The van der Waals surface area contributed by atoms with Crippen LogP contribution in [0.5, 0.6) is 0 Å². The van der Waals surface area contributed by atoms with Gasteiger partial charge in [-0.05, 0) is 12.1 Å². The third-order valence-corrected chi connectivity index (χ3v) is 2.83. The zero-order chi connectivity index (χ0) is 11.4. The first-order valence-electron chi connectivity index (χ1n) is 5.47. The molecule has 0 saturated carbocycles. The molecule has 88 valence electrons. The van der Waals surface area contributed by atoms with Crippen molar-refractivity contribution in [3.63, 3.8) is 0 Å². The average molecular weight is 224 g/mol. The SMILES string of the molecule is O=C(O)CC(c1ccco1)N1CCNCC1. The van der Waals surface area contributed by atoms with Gasteiger partial charge >= 0.3 is 5.97 Å². The van der Waals surface area contributed by atoms with Crippen molar-refractivity contribution in [2.75, 3.05) is 26.2 Å². The molecule has 2 rings (SSSR count). The van der Waals surface area contributed by atoms with Crippen LogP contribution in [0.25, 0.3) is 0 Å². The van der Waals surface area contributed by atoms with E-state index in [4.69, 9.17) is 9.52 Å². The minimum absolute atomic E-state index is 0.0908. The summed E-state index contributed by atoms with van der Waals surface area (Å²) in [5.41, 5.74) is 0. The highest BCUT2D eigenvalue weighted by molar-refractivity contribution is 5.67. The van der Waals surface area contributed by atoms with Gasteiger partial charge in [0.05, 0.1) is 18.7 Å². The second-order valence-electron chi connectivity index (χ2n) is 3.92. The molecule has 1 saturated heterocycles. The maximum Gasteiger partial charge on any atom is 0.305 e. The Labute approximate surface area is 94.0 Å². The fraction of sp³-hybridized carbons (Fsp3) is 0.545. The van der Waals surface area contributed by atoms with Gasteiger partial charge in [-0.1, -0.05) is 0 Å². The van der Waals surface area contributed by atoms with Gasteiger partial charge in [0, 0.05) is 26.2 Å². The Morgan fingerprint density at radius 3 is 2.88 bits per heavy atom. The van der Waals surface area contributed by atoms with E-state index in [1.807, 2.05) is 6.07 Å². The minimum atomic E-state index is -0.792. The second kappa shape index (κ2) is 5.14. The summed E-state index contributed by atoms with van der Waals surface area (Å²) in [5.74, 6) is -0.0516. The van der Waals surface area contributed by atoms with Gasteiger partial charge in [0.25, 0.3) is 0 Å². The molecule has 0 bridgehead atoms. The summed E-state index contributed by atoms with van der Waals surface area (Å²) in [7, 11) is 0. The van der Waals surface area contributed by atoms with E-state index in [1.54, 1.807) is 12.3 Å². The van der Waals surface area contributed by atoms with Gasteiger partial charge in [-0.25, -0.2) is 0 Å². The third kappa shape index (κ3) is 2.62. The van der Waals surface area contributed by atoms with Crippen LogP contribution in [-0.4, -0.2) is 42.2 Å². The average Bonchev–Trinajstić information content (AvgIpc) is 2.80. The first kappa shape index (κ1) is 11.2. The van der Waals surface area contributed by atoms with Crippen LogP contribution in [0.2, 0.25) is 0 Å². The lowest BCUT2D eigenvalue weighted by Gasteiger charge is -2.32. The third-order valence-electron chi connectivity index (χ3n) is 2.83. The summed E-state index contributed by atoms with van der Waals surface area (Å²) in [4.78, 5) is 13.0. The van der Waals surface area contributed by atoms with Crippen LogP contribution < -0.4 is 5.32 Å². The number of nitrogens with zero attached hydrogens (tertiary/aromatic N) is 1. The first-order chi connectivity index (χ1) is 7.77. The summed E-state index contributed by atoms with van der Waals surface area (Å²) >= 11 is 0. The number of furan rings is 1. The molecule has 16 heavy (non-hydrogen) atoms. The summed E-state index contributed by atoms with van der Waals surface area (Å²) in [6.45, 7) is 3.52. The van der Waals surface area contributed by atoms with Crippen molar-refractivity contribution in [2.24, 2.45) is 0 Å². The Bertz CT molecular complexity index is 331. The van der Waals surface area contributed by atoms with E-state index in [0.717, 1.165) is 31.9 Å². The number of carboxylic acid groups (broad SMARTS) is 1. The molecule has 0 aliphatic carbocycles. The Kier molecular flexibility index (Phi) is 3.58. The van der Waals surface area contributed by atoms with Gasteiger partial charge in [0.15, 0.2) is 0 Å². The second-order valence-corrected chi connectivity index (χ2v) is 3.92. The van der Waals surface area contributed by atoms with Crippen LogP contribution in [0, 0.1) is 0 Å². The van der Waals surface area contributed by atoms with Crippen LogP contribution in [0.4, 0.5) is 0 Å². The monoisotopic (exact) mass is 224 g/mol. The van der Waals surface area contributed by atoms with Crippen LogP contribution >= 0.6 is 0 Å². The standard InChI is InChI=1S/C11H16N2O3/c14-11(15)8-9(10-2-1-7-16-10)13-5-3-12-4-6-13/h1-2,7,9,12H,3-6,8H2,(H,14,15). The van der Waals surface area contributed by atoms with E-state index in [1.165, 1.54) is 0 Å². The smallest absolute Gasteiger partial charge is 0.305 e. The minimum Gasteiger partial charge on any atom is -0.481 e. The lowest BCUT2D eigenvalue weighted by molar-refractivity contribution is -0.138. The molecular weight excluding hydrogens is 208 g/mol. The molecule has 1 atom stereocenters. The molecule has 1 fully saturated rings. The summed E-state index contributed by atoms with van der Waals surface area (Å²) in [5, 5.41) is 12.2. The number of nitrogens with one attached hydrogen (secondary N) is 1. The zero-order valence-electron chi connectivity index (χ0n) is 9.06. The van der Waals surface area contributed by atoms with Crippen LogP contribution in [0.3, 0.4) is 0 Å². The number of carboxylic acids is 1. The van der Waals surface area contributed by atoms with E-state index < -0.39 is 5.97 Å². The van der Waals surface area contributed by atoms with Crippen molar-refractivity contribution in [3.8, 4) is 0 Å². The number of carbonyl (C=O) groups is 1. The Hall–Kier alpha value is -1.33. The molecule has 5 heteroatoms. The van der Waals surface area contributed by atoms with E-state index in [-0.39, 0.29) is 12.5 Å². The number of hydrogen-bond acceptors (Lipinski definition) is 4. The molecule has 2 N–H and O–H groups in total. The predicted molar refractivity (Wildman–Crippen MR) is 58.1 cm³/mol. The molecule has 1 aromatic heterocycles. The van der Waals surface area contributed by atoms with E-state index in [0.29, 0.717) is 0 Å². The van der Waals surface area contributed by atoms with Gasteiger partial charge in [-0.15, -0.1) is 0 Å². The highest BCUT2D eigenvalue weighted by atomic mass is 16.4. The molecule has 0 radical (unpaired) electrons. The number of aliphatic carboxylic acids is 1. The normalized spacial score (nSPS) is 19.5. The van der Waals surface area contributed by atoms with Crippen molar-refractivity contribution in [1.29, 1.82) is 0 Å². The lowest BCUT2D eigenvalue weighted by atomic mass is 10.1. The quantitative estimate of drug-likeness (QED) is 0.788. The van der Waals surface area contributed by atoms with Gasteiger partial charge in [-0.2, -0.15) is 0 Å². The summed E-state index contributed by atoms with van der Waals surface area (Å²) in [6, 6.07) is 3.50. The number of hydrogen-bond donors (Lipinski definition) is 2. The van der Waals surface area contributed by atoms with Gasteiger partial charge in [0.1, 0.15) is 5.76 Å². The molecule has 1 aromatic rings. The maximum atomic E-state index is 10.9. The molecular formula is C11H16N2O3. The van der Waals surface area contributed by atoms with Crippen LogP contribution in [0.15, 0.2) is 22.8 Å². The molecule has 0 spiro atoms. The van der Waals surface area contributed by atoms with Crippen LogP contribution in [-0.2, 0) is 4.79 Å². The van der Waals surface area contributed by atoms with Crippen molar-refractivity contribution < 1.29 is 14.3 Å². The Morgan fingerprint density at radius 2 is 2.31 bits per heavy atom. The highest BCUT2D eigenvalue weighted by Gasteiger charge is 2.26. The first-order valence-corrected chi connectivity index (χ1v) is 5.47. The number of rotatable bonds is 4. The topological polar surface area (TPSA) is 65.7 Å². The number of piperazine rings is 1. The summed E-state index contributed by atoms with van der Waals surface area (Å²) in [6.07, 6.45) is 1.68. The highest BCUT2D eigenvalue weighted by Crippen LogP contribution is 2.24. The van der Waals surface area contributed by atoms with E-state index in [9.17, 15) is 4.79 Å². The Morgan fingerprint density at radius 1 is 1.56 bits per heavy atom. The zero-order valence-corrected chi connectivity index (χ0v) is 9.06. The molecule has 1 unspecified atom stereocenters. The molecule has 5 nitrogen and oxygen atoms in total. The Balaban J connectivity index is 2.10. The van der Waals surface area contributed by atoms with Gasteiger partial charge in [0.2, 0.25) is 0 Å². The molecule has 1 aliphatic rings. The van der Waals surface area contributed by atoms with Crippen molar-refractivity contribution in [1.82, 2.24) is 10.2 Å². The van der Waals surface area contributed by atoms with Crippen molar-refractivity contribution in [3.05, 3.63) is 24.2 Å². The molecule has 2 heterocycles. The predicted octanol–water partition coefficient (Wildman–Crippen LogP) is 0.701. The summed E-state index contributed by atoms with van der Waals surface area (Å²) < 4.78 is 5.32. The molecule has 0 amide bonds. The molecule has 1 aliphatic heterocycles. The lowest BCUT2D eigenvalue weighted by Crippen LogP contribution is -2.45. The fourth-order valence-corrected chi connectivity index (χ4v) is 2.05.